The van der Waals surface area contributed by atoms with Crippen molar-refractivity contribution in [1.82, 2.24) is 4.90 Å². The predicted octanol–water partition coefficient (Wildman–Crippen LogP) is 5.45. The Hall–Kier alpha value is -2.12. The lowest BCUT2D eigenvalue weighted by Crippen LogP contribution is -2.43. The van der Waals surface area contributed by atoms with E-state index in [9.17, 15) is 18.4 Å². The van der Waals surface area contributed by atoms with Crippen molar-refractivity contribution in [2.75, 3.05) is 18.4 Å². The second-order valence-electron chi connectivity index (χ2n) is 6.94. The van der Waals surface area contributed by atoms with E-state index >= 15 is 0 Å². The van der Waals surface area contributed by atoms with Crippen LogP contribution < -0.4 is 5.32 Å². The summed E-state index contributed by atoms with van der Waals surface area (Å²) in [4.78, 5) is 27.3. The largest absolute Gasteiger partial charge is 0.338 e. The van der Waals surface area contributed by atoms with Crippen LogP contribution in [-0.4, -0.2) is 35.6 Å². The van der Waals surface area contributed by atoms with Gasteiger partial charge in [-0.05, 0) is 44.0 Å². The van der Waals surface area contributed by atoms with Crippen molar-refractivity contribution < 1.29 is 18.4 Å². The molecule has 0 radical (unpaired) electrons. The van der Waals surface area contributed by atoms with Gasteiger partial charge in [0.25, 0.3) is 11.7 Å². The number of carbonyl (C=O) groups is 2. The minimum Gasteiger partial charge on any atom is -0.338 e. The lowest BCUT2D eigenvalue weighted by atomic mass is 9.96. The number of rotatable bonds is 5. The van der Waals surface area contributed by atoms with Gasteiger partial charge in [0.1, 0.15) is 0 Å². The lowest BCUT2D eigenvalue weighted by molar-refractivity contribution is -0.121. The summed E-state index contributed by atoms with van der Waals surface area (Å²) < 4.78 is 25.7. The van der Waals surface area contributed by atoms with Crippen LogP contribution in [0.2, 0.25) is 5.02 Å². The third-order valence-corrected chi connectivity index (χ3v) is 6.09. The Labute approximate surface area is 177 Å². The first kappa shape index (κ1) is 21.6. The molecule has 1 fully saturated rings. The van der Waals surface area contributed by atoms with Crippen molar-refractivity contribution in [3.05, 3.63) is 58.6 Å². The first-order valence-electron chi connectivity index (χ1n) is 9.25. The van der Waals surface area contributed by atoms with Gasteiger partial charge in [-0.2, -0.15) is 8.78 Å². The molecule has 0 aromatic heterocycles. The number of likely N-dealkylation sites (tertiary alicyclic amines) is 1. The Balaban J connectivity index is 1.70. The second-order valence-corrected chi connectivity index (χ2v) is 8.35. The standard InChI is InChI=1S/C21H21ClF2N2O2S/c1-13-7-9-14(10-8-13)20(28)26-11-3-4-15(12-26)19(27)25-17-6-2-5-16(22)18(17)29-21(23)24/h2,5-10,15,21H,3-4,11-12H2,1H3,(H,25,27). The fraction of sp³-hybridized carbons (Fsp3) is 0.333. The molecule has 1 saturated heterocycles. The van der Waals surface area contributed by atoms with Crippen LogP contribution in [0.25, 0.3) is 0 Å². The van der Waals surface area contributed by atoms with Gasteiger partial charge in [-0.15, -0.1) is 0 Å². The number of nitrogens with zero attached hydrogens (tertiary/aromatic N) is 1. The molecule has 154 valence electrons. The van der Waals surface area contributed by atoms with Crippen LogP contribution in [0.4, 0.5) is 14.5 Å². The quantitative estimate of drug-likeness (QED) is 0.631. The normalized spacial score (nSPS) is 16.7. The van der Waals surface area contributed by atoms with Gasteiger partial charge < -0.3 is 10.2 Å². The SMILES string of the molecule is Cc1ccc(C(=O)N2CCCC(C(=O)Nc3cccc(Cl)c3SC(F)F)C2)cc1. The molecule has 29 heavy (non-hydrogen) atoms. The number of nitrogens with one attached hydrogen (secondary N) is 1. The summed E-state index contributed by atoms with van der Waals surface area (Å²) in [6.45, 7) is 2.82. The third-order valence-electron chi connectivity index (χ3n) is 4.81. The van der Waals surface area contributed by atoms with Gasteiger partial charge in [-0.25, -0.2) is 0 Å². The highest BCUT2D eigenvalue weighted by Gasteiger charge is 2.29. The van der Waals surface area contributed by atoms with Crippen molar-refractivity contribution in [1.29, 1.82) is 0 Å². The van der Waals surface area contributed by atoms with Crippen molar-refractivity contribution in [3.8, 4) is 0 Å². The molecule has 4 nitrogen and oxygen atoms in total. The minimum absolute atomic E-state index is 0.112. The van der Waals surface area contributed by atoms with Crippen LogP contribution in [0, 0.1) is 12.8 Å². The zero-order valence-electron chi connectivity index (χ0n) is 15.8. The van der Waals surface area contributed by atoms with Crippen LogP contribution in [0.15, 0.2) is 47.4 Å². The number of halogens is 3. The Morgan fingerprint density at radius 1 is 1.21 bits per heavy atom. The van der Waals surface area contributed by atoms with E-state index in [1.54, 1.807) is 29.2 Å². The van der Waals surface area contributed by atoms with Crippen molar-refractivity contribution in [2.45, 2.75) is 30.4 Å². The van der Waals surface area contributed by atoms with E-state index in [1.807, 2.05) is 19.1 Å². The van der Waals surface area contributed by atoms with Crippen LogP contribution in [0.5, 0.6) is 0 Å². The molecule has 2 aromatic carbocycles. The molecule has 2 amide bonds. The van der Waals surface area contributed by atoms with E-state index in [4.69, 9.17) is 11.6 Å². The average molecular weight is 439 g/mol. The Morgan fingerprint density at radius 2 is 1.93 bits per heavy atom. The molecule has 0 aliphatic carbocycles. The van der Waals surface area contributed by atoms with E-state index in [2.05, 4.69) is 5.32 Å². The monoisotopic (exact) mass is 438 g/mol. The highest BCUT2D eigenvalue weighted by molar-refractivity contribution is 7.99. The summed E-state index contributed by atoms with van der Waals surface area (Å²) in [5.74, 6) is -3.48. The maximum atomic E-state index is 12.8. The molecular weight excluding hydrogens is 418 g/mol. The molecule has 1 aliphatic rings. The number of benzene rings is 2. The highest BCUT2D eigenvalue weighted by atomic mass is 35.5. The van der Waals surface area contributed by atoms with Crippen molar-refractivity contribution in [2.24, 2.45) is 5.92 Å². The number of aryl methyl sites for hydroxylation is 1. The number of carbonyl (C=O) groups excluding carboxylic acids is 2. The minimum atomic E-state index is -2.65. The fourth-order valence-corrected chi connectivity index (χ4v) is 4.22. The first-order valence-corrected chi connectivity index (χ1v) is 10.5. The van der Waals surface area contributed by atoms with E-state index in [1.165, 1.54) is 6.07 Å². The van der Waals surface area contributed by atoms with E-state index < -0.39 is 11.7 Å². The number of thioether (sulfide) groups is 1. The van der Waals surface area contributed by atoms with E-state index in [0.29, 0.717) is 36.7 Å². The summed E-state index contributed by atoms with van der Waals surface area (Å²) in [5, 5.41) is 2.88. The molecule has 3 rings (SSSR count). The summed E-state index contributed by atoms with van der Waals surface area (Å²) >= 11 is 6.33. The molecule has 1 aliphatic heterocycles. The van der Waals surface area contributed by atoms with E-state index in [0.717, 1.165) is 5.56 Å². The van der Waals surface area contributed by atoms with Gasteiger partial charge in [0, 0.05) is 18.7 Å². The Kier molecular flexibility index (Phi) is 7.14. The van der Waals surface area contributed by atoms with Crippen LogP contribution >= 0.6 is 23.4 Å². The Morgan fingerprint density at radius 3 is 2.62 bits per heavy atom. The molecule has 1 atom stereocenters. The summed E-state index contributed by atoms with van der Waals surface area (Å²) in [6.07, 6.45) is 1.32. The Bertz CT molecular complexity index is 893. The molecule has 2 aromatic rings. The number of anilines is 1. The fourth-order valence-electron chi connectivity index (χ4n) is 3.31. The average Bonchev–Trinajstić information content (AvgIpc) is 2.70. The zero-order chi connectivity index (χ0) is 21.0. The molecule has 1 heterocycles. The summed E-state index contributed by atoms with van der Waals surface area (Å²) in [7, 11) is 0. The molecule has 8 heteroatoms. The van der Waals surface area contributed by atoms with Gasteiger partial charge in [0.15, 0.2) is 0 Å². The van der Waals surface area contributed by atoms with Gasteiger partial charge in [0.05, 0.1) is 21.5 Å². The van der Waals surface area contributed by atoms with Gasteiger partial charge >= 0.3 is 0 Å². The van der Waals surface area contributed by atoms with E-state index in [-0.39, 0.29) is 34.0 Å². The maximum Gasteiger partial charge on any atom is 0.289 e. The van der Waals surface area contributed by atoms with Crippen molar-refractivity contribution >= 4 is 40.9 Å². The zero-order valence-corrected chi connectivity index (χ0v) is 17.4. The summed E-state index contributed by atoms with van der Waals surface area (Å²) in [6, 6.07) is 12.0. The van der Waals surface area contributed by atoms with Gasteiger partial charge in [-0.3, -0.25) is 9.59 Å². The van der Waals surface area contributed by atoms with Gasteiger partial charge in [-0.1, -0.05) is 47.1 Å². The molecule has 0 bridgehead atoms. The topological polar surface area (TPSA) is 49.4 Å². The van der Waals surface area contributed by atoms with Crippen molar-refractivity contribution in [3.63, 3.8) is 0 Å². The third kappa shape index (κ3) is 5.48. The number of piperidine rings is 1. The van der Waals surface area contributed by atoms with Gasteiger partial charge in [0.2, 0.25) is 5.91 Å². The molecule has 1 N–H and O–H groups in total. The predicted molar refractivity (Wildman–Crippen MR) is 112 cm³/mol. The number of amides is 2. The molecular formula is C21H21ClF2N2O2S. The smallest absolute Gasteiger partial charge is 0.289 e. The lowest BCUT2D eigenvalue weighted by Gasteiger charge is -2.32. The molecule has 0 spiro atoms. The maximum absolute atomic E-state index is 12.8. The number of alkyl halides is 2. The number of hydrogen-bond donors (Lipinski definition) is 1. The number of hydrogen-bond acceptors (Lipinski definition) is 3. The van der Waals surface area contributed by atoms with Crippen LogP contribution in [-0.2, 0) is 4.79 Å². The first-order chi connectivity index (χ1) is 13.8. The van der Waals surface area contributed by atoms with Crippen LogP contribution in [0.3, 0.4) is 0 Å². The second kappa shape index (κ2) is 9.59. The summed E-state index contributed by atoms with van der Waals surface area (Å²) in [5.41, 5.74) is 1.91. The molecule has 1 unspecified atom stereocenters. The highest BCUT2D eigenvalue weighted by Crippen LogP contribution is 2.38. The van der Waals surface area contributed by atoms with Crippen LogP contribution in [0.1, 0.15) is 28.8 Å². The molecule has 0 saturated carbocycles.